The summed E-state index contributed by atoms with van der Waals surface area (Å²) in [6.45, 7) is 2.52. The molecule has 9 heteroatoms. The number of nitrogens with two attached hydrogens (primary N) is 1. The maximum Gasteiger partial charge on any atom is 0.239 e. The number of aromatic nitrogens is 1. The van der Waals surface area contributed by atoms with E-state index in [9.17, 15) is 8.42 Å². The van der Waals surface area contributed by atoms with Gasteiger partial charge < -0.3 is 11.1 Å². The van der Waals surface area contributed by atoms with E-state index in [1.165, 1.54) is 7.05 Å². The van der Waals surface area contributed by atoms with Gasteiger partial charge >= 0.3 is 0 Å². The number of hydrogen-bond acceptors (Lipinski definition) is 6. The Hall–Kier alpha value is -2.32. The third-order valence-corrected chi connectivity index (χ3v) is 7.47. The Labute approximate surface area is 163 Å². The number of hydrogen-bond donors (Lipinski definition) is 2. The van der Waals surface area contributed by atoms with Crippen molar-refractivity contribution in [2.24, 2.45) is 10.7 Å². The summed E-state index contributed by atoms with van der Waals surface area (Å²) in [4.78, 5) is 8.84. The molecule has 0 saturated heterocycles. The highest BCUT2D eigenvalue weighted by atomic mass is 35.5. The lowest BCUT2D eigenvalue weighted by atomic mass is 9.63. The first-order chi connectivity index (χ1) is 12.7. The second-order valence-electron chi connectivity index (χ2n) is 6.96. The number of anilines is 1. The molecule has 4 rings (SSSR count). The van der Waals surface area contributed by atoms with Crippen LogP contribution in [0.15, 0.2) is 41.5 Å². The number of nitrogens with zero attached hydrogens (tertiary/aromatic N) is 3. The van der Waals surface area contributed by atoms with E-state index in [1.807, 2.05) is 31.2 Å². The van der Waals surface area contributed by atoms with E-state index in [2.05, 4.69) is 15.3 Å². The van der Waals surface area contributed by atoms with E-state index < -0.39 is 15.6 Å². The Kier molecular flexibility index (Phi) is 4.08. The SMILES string of the molecule is C[C@@H]1c2ccc(NCc3ccc(Cl)cn3)cc2[C@@]12CS(=O)(=O)N(C)C(N)=N2. The van der Waals surface area contributed by atoms with Crippen LogP contribution < -0.4 is 11.1 Å². The molecular weight excluding hydrogens is 386 g/mol. The van der Waals surface area contributed by atoms with Gasteiger partial charge in [0.2, 0.25) is 16.0 Å². The lowest BCUT2D eigenvalue weighted by Gasteiger charge is -2.49. The van der Waals surface area contributed by atoms with E-state index in [0.717, 1.165) is 26.8 Å². The zero-order valence-electron chi connectivity index (χ0n) is 15.0. The van der Waals surface area contributed by atoms with E-state index in [0.29, 0.717) is 11.6 Å². The quantitative estimate of drug-likeness (QED) is 0.815. The second kappa shape index (κ2) is 6.10. The van der Waals surface area contributed by atoms with Crippen LogP contribution in [0, 0.1) is 0 Å². The first kappa shape index (κ1) is 18.1. The van der Waals surface area contributed by atoms with Crippen LogP contribution in [0.4, 0.5) is 5.69 Å². The number of benzene rings is 1. The standard InChI is InChI=1S/C18H20ClN5O2S/c1-11-15-6-5-13(22-9-14-4-3-12(19)8-21-14)7-16(15)18(11)10-27(25,26)24(2)17(20)23-18/h3-8,11,22H,9-10H2,1-2H3,(H2,20,23)/t11-,18-/m1/s1. The monoisotopic (exact) mass is 405 g/mol. The molecule has 2 aromatic rings. The van der Waals surface area contributed by atoms with Crippen LogP contribution in [0.3, 0.4) is 0 Å². The Bertz CT molecular complexity index is 1040. The number of guanidine groups is 1. The number of halogens is 1. The van der Waals surface area contributed by atoms with Gasteiger partial charge in [0.05, 0.1) is 23.0 Å². The first-order valence-corrected chi connectivity index (χ1v) is 10.5. The topological polar surface area (TPSA) is 101 Å². The molecule has 0 amide bonds. The molecule has 27 heavy (non-hydrogen) atoms. The van der Waals surface area contributed by atoms with Gasteiger partial charge in [-0.15, -0.1) is 0 Å². The molecule has 1 aliphatic carbocycles. The number of sulfonamides is 1. The molecule has 7 nitrogen and oxygen atoms in total. The summed E-state index contributed by atoms with van der Waals surface area (Å²) in [5, 5.41) is 3.91. The van der Waals surface area contributed by atoms with Gasteiger partial charge in [-0.3, -0.25) is 4.98 Å². The first-order valence-electron chi connectivity index (χ1n) is 8.53. The van der Waals surface area contributed by atoms with Gasteiger partial charge in [-0.1, -0.05) is 24.6 Å². The summed E-state index contributed by atoms with van der Waals surface area (Å²) in [6.07, 6.45) is 1.60. The minimum absolute atomic E-state index is 0.0125. The predicted molar refractivity (Wildman–Crippen MR) is 106 cm³/mol. The molecule has 3 N–H and O–H groups in total. The fraction of sp³-hybridized carbons (Fsp3) is 0.333. The van der Waals surface area contributed by atoms with E-state index in [-0.39, 0.29) is 17.6 Å². The molecule has 1 aromatic carbocycles. The van der Waals surface area contributed by atoms with Crippen molar-refractivity contribution in [2.45, 2.75) is 24.9 Å². The Morgan fingerprint density at radius 2 is 2.15 bits per heavy atom. The van der Waals surface area contributed by atoms with Crippen LogP contribution in [-0.4, -0.2) is 36.5 Å². The fourth-order valence-corrected chi connectivity index (χ4v) is 5.38. The van der Waals surface area contributed by atoms with Gasteiger partial charge in [0, 0.05) is 24.8 Å². The van der Waals surface area contributed by atoms with E-state index in [1.54, 1.807) is 12.3 Å². The van der Waals surface area contributed by atoms with Crippen molar-refractivity contribution in [1.29, 1.82) is 0 Å². The molecule has 0 radical (unpaired) electrons. The van der Waals surface area contributed by atoms with Crippen molar-refractivity contribution in [2.75, 3.05) is 18.1 Å². The summed E-state index contributed by atoms with van der Waals surface area (Å²) in [6, 6.07) is 9.60. The summed E-state index contributed by atoms with van der Waals surface area (Å²) in [5.74, 6) is -0.0583. The van der Waals surface area contributed by atoms with Crippen molar-refractivity contribution in [1.82, 2.24) is 9.29 Å². The number of pyridine rings is 1. The Balaban J connectivity index is 1.63. The van der Waals surface area contributed by atoms with E-state index in [4.69, 9.17) is 17.3 Å². The molecule has 1 aromatic heterocycles. The molecule has 2 aliphatic rings. The summed E-state index contributed by atoms with van der Waals surface area (Å²) in [7, 11) is -2.06. The Morgan fingerprint density at radius 3 is 2.81 bits per heavy atom. The van der Waals surface area contributed by atoms with Crippen LogP contribution in [0.1, 0.15) is 29.7 Å². The molecule has 0 unspecified atom stereocenters. The number of rotatable bonds is 3. The lowest BCUT2D eigenvalue weighted by Crippen LogP contribution is -2.56. The second-order valence-corrected chi connectivity index (χ2v) is 9.40. The summed E-state index contributed by atoms with van der Waals surface area (Å²) in [5.41, 5.74) is 8.82. The molecule has 2 heterocycles. The molecule has 0 fully saturated rings. The third-order valence-electron chi connectivity index (χ3n) is 5.42. The van der Waals surface area contributed by atoms with Gasteiger partial charge in [0.15, 0.2) is 0 Å². The van der Waals surface area contributed by atoms with Crippen molar-refractivity contribution >= 4 is 33.3 Å². The highest BCUT2D eigenvalue weighted by Gasteiger charge is 2.55. The third kappa shape index (κ3) is 2.83. The van der Waals surface area contributed by atoms with Crippen LogP contribution >= 0.6 is 11.6 Å². The molecule has 1 aliphatic heterocycles. The van der Waals surface area contributed by atoms with Crippen LogP contribution in [0.5, 0.6) is 0 Å². The highest BCUT2D eigenvalue weighted by Crippen LogP contribution is 2.55. The summed E-state index contributed by atoms with van der Waals surface area (Å²) < 4.78 is 26.1. The molecule has 0 bridgehead atoms. The highest BCUT2D eigenvalue weighted by molar-refractivity contribution is 7.89. The molecule has 142 valence electrons. The van der Waals surface area contributed by atoms with Gasteiger partial charge in [-0.2, -0.15) is 0 Å². The molecule has 0 saturated carbocycles. The Morgan fingerprint density at radius 1 is 1.37 bits per heavy atom. The van der Waals surface area contributed by atoms with Gasteiger partial charge in [0.1, 0.15) is 5.54 Å². The van der Waals surface area contributed by atoms with Gasteiger partial charge in [0.25, 0.3) is 0 Å². The zero-order valence-corrected chi connectivity index (χ0v) is 16.5. The number of aliphatic imine (C=N–C) groups is 1. The van der Waals surface area contributed by atoms with Crippen molar-refractivity contribution in [3.63, 3.8) is 0 Å². The minimum Gasteiger partial charge on any atom is -0.379 e. The average molecular weight is 406 g/mol. The van der Waals surface area contributed by atoms with Crippen LogP contribution in [0.25, 0.3) is 0 Å². The average Bonchev–Trinajstić information content (AvgIpc) is 2.64. The maximum atomic E-state index is 12.5. The van der Waals surface area contributed by atoms with Crippen molar-refractivity contribution in [3.05, 3.63) is 58.4 Å². The van der Waals surface area contributed by atoms with Crippen LogP contribution in [0.2, 0.25) is 5.02 Å². The predicted octanol–water partition coefficient (Wildman–Crippen LogP) is 2.25. The molecular formula is C18H20ClN5O2S. The molecule has 1 spiro atoms. The van der Waals surface area contributed by atoms with E-state index >= 15 is 0 Å². The zero-order chi connectivity index (χ0) is 19.4. The fourth-order valence-electron chi connectivity index (χ4n) is 3.72. The molecule has 2 atom stereocenters. The lowest BCUT2D eigenvalue weighted by molar-refractivity contribution is 0.336. The van der Waals surface area contributed by atoms with Crippen LogP contribution in [-0.2, 0) is 22.1 Å². The minimum atomic E-state index is -3.49. The van der Waals surface area contributed by atoms with Crippen molar-refractivity contribution in [3.8, 4) is 0 Å². The number of nitrogens with one attached hydrogen (secondary N) is 1. The maximum absolute atomic E-state index is 12.5. The normalized spacial score (nSPS) is 25.5. The largest absolute Gasteiger partial charge is 0.379 e. The summed E-state index contributed by atoms with van der Waals surface area (Å²) >= 11 is 5.86. The van der Waals surface area contributed by atoms with Gasteiger partial charge in [-0.25, -0.2) is 17.7 Å². The number of fused-ring (bicyclic) bond motifs is 2. The van der Waals surface area contributed by atoms with Gasteiger partial charge in [-0.05, 0) is 35.4 Å². The smallest absolute Gasteiger partial charge is 0.239 e. The van der Waals surface area contributed by atoms with Crippen molar-refractivity contribution < 1.29 is 8.42 Å².